The molecule has 0 aliphatic heterocycles. The Morgan fingerprint density at radius 3 is 1.85 bits per heavy atom. The van der Waals surface area contributed by atoms with Gasteiger partial charge in [-0.2, -0.15) is 0 Å². The SMILES string of the molecule is CCCCCCCCCCCCCCC(C(=O)c1ccc(N)cc1C)c1ccc(N)c(C)c1. The summed E-state index contributed by atoms with van der Waals surface area (Å²) in [6.45, 7) is 6.26. The van der Waals surface area contributed by atoms with Gasteiger partial charge in [-0.05, 0) is 61.2 Å². The summed E-state index contributed by atoms with van der Waals surface area (Å²) in [5.74, 6) is 0.0643. The fraction of sp³-hybridized carbons (Fsp3) is 0.567. The molecule has 0 saturated heterocycles. The zero-order valence-electron chi connectivity index (χ0n) is 21.3. The molecule has 3 nitrogen and oxygen atoms in total. The summed E-state index contributed by atoms with van der Waals surface area (Å²) >= 11 is 0. The van der Waals surface area contributed by atoms with E-state index >= 15 is 0 Å². The lowest BCUT2D eigenvalue weighted by Crippen LogP contribution is -2.15. The largest absolute Gasteiger partial charge is 0.399 e. The van der Waals surface area contributed by atoms with Gasteiger partial charge in [0.25, 0.3) is 0 Å². The van der Waals surface area contributed by atoms with E-state index in [4.69, 9.17) is 11.5 Å². The van der Waals surface area contributed by atoms with Crippen LogP contribution in [-0.2, 0) is 0 Å². The maximum Gasteiger partial charge on any atom is 0.170 e. The molecule has 182 valence electrons. The van der Waals surface area contributed by atoms with Crippen molar-refractivity contribution >= 4 is 17.2 Å². The molecule has 1 unspecified atom stereocenters. The Hall–Kier alpha value is -2.29. The van der Waals surface area contributed by atoms with Crippen molar-refractivity contribution in [2.75, 3.05) is 11.5 Å². The zero-order chi connectivity index (χ0) is 24.1. The lowest BCUT2D eigenvalue weighted by Gasteiger charge is -2.19. The van der Waals surface area contributed by atoms with Crippen molar-refractivity contribution in [1.29, 1.82) is 0 Å². The molecule has 0 aliphatic carbocycles. The molecule has 0 heterocycles. The lowest BCUT2D eigenvalue weighted by molar-refractivity contribution is 0.0953. The number of hydrogen-bond donors (Lipinski definition) is 2. The van der Waals surface area contributed by atoms with E-state index < -0.39 is 0 Å². The number of Topliss-reactive ketones (excluding diaryl/α,β-unsaturated/α-hetero) is 1. The standard InChI is InChI=1S/C30H46N2O/c1-4-5-6-7-8-9-10-11-12-13-14-15-16-28(25-17-20-29(32)24(3)21-25)30(33)27-19-18-26(31)22-23(27)2/h17-22,28H,4-16,31-32H2,1-3H3. The van der Waals surface area contributed by atoms with Crippen LogP contribution in [0, 0.1) is 13.8 Å². The number of anilines is 2. The number of benzene rings is 2. The van der Waals surface area contributed by atoms with Gasteiger partial charge < -0.3 is 11.5 Å². The van der Waals surface area contributed by atoms with Crippen molar-refractivity contribution in [1.82, 2.24) is 0 Å². The maximum atomic E-state index is 13.5. The highest BCUT2D eigenvalue weighted by atomic mass is 16.1. The summed E-state index contributed by atoms with van der Waals surface area (Å²) in [4.78, 5) is 13.5. The number of rotatable bonds is 16. The summed E-state index contributed by atoms with van der Waals surface area (Å²) in [5, 5.41) is 0. The molecular weight excluding hydrogens is 404 g/mol. The second kappa shape index (κ2) is 14.8. The predicted molar refractivity (Wildman–Crippen MR) is 144 cm³/mol. The number of nitrogen functional groups attached to an aromatic ring is 2. The van der Waals surface area contributed by atoms with Gasteiger partial charge in [0.2, 0.25) is 0 Å². The second-order valence-electron chi connectivity index (χ2n) is 9.78. The Kier molecular flexibility index (Phi) is 12.1. The van der Waals surface area contributed by atoms with Crippen LogP contribution in [0.2, 0.25) is 0 Å². The smallest absolute Gasteiger partial charge is 0.170 e. The summed E-state index contributed by atoms with van der Waals surface area (Å²) < 4.78 is 0. The van der Waals surface area contributed by atoms with E-state index in [0.717, 1.165) is 40.8 Å². The third-order valence-electron chi connectivity index (χ3n) is 6.87. The number of nitrogens with two attached hydrogens (primary N) is 2. The van der Waals surface area contributed by atoms with Crippen LogP contribution < -0.4 is 11.5 Å². The van der Waals surface area contributed by atoms with Gasteiger partial charge in [-0.15, -0.1) is 0 Å². The summed E-state index contributed by atoms with van der Waals surface area (Å²) in [5.41, 5.74) is 17.3. The highest BCUT2D eigenvalue weighted by Gasteiger charge is 2.23. The van der Waals surface area contributed by atoms with E-state index in [9.17, 15) is 4.79 Å². The van der Waals surface area contributed by atoms with E-state index in [-0.39, 0.29) is 11.7 Å². The Bertz CT molecular complexity index is 858. The molecule has 0 amide bonds. The third kappa shape index (κ3) is 9.23. The Morgan fingerprint density at radius 2 is 1.30 bits per heavy atom. The normalized spacial score (nSPS) is 12.1. The monoisotopic (exact) mass is 450 g/mol. The molecule has 0 aromatic heterocycles. The fourth-order valence-corrected chi connectivity index (χ4v) is 4.71. The van der Waals surface area contributed by atoms with E-state index in [0.29, 0.717) is 5.69 Å². The summed E-state index contributed by atoms with van der Waals surface area (Å²) in [7, 11) is 0. The first-order chi connectivity index (χ1) is 15.9. The molecule has 0 fully saturated rings. The first-order valence-corrected chi connectivity index (χ1v) is 13.2. The van der Waals surface area contributed by atoms with Gasteiger partial charge in [-0.3, -0.25) is 4.79 Å². The van der Waals surface area contributed by atoms with E-state index in [2.05, 4.69) is 13.0 Å². The van der Waals surface area contributed by atoms with Gasteiger partial charge in [0.1, 0.15) is 0 Å². The molecule has 0 bridgehead atoms. The number of carbonyl (C=O) groups is 1. The fourth-order valence-electron chi connectivity index (χ4n) is 4.71. The van der Waals surface area contributed by atoms with Crippen molar-refractivity contribution in [2.24, 2.45) is 0 Å². The van der Waals surface area contributed by atoms with Crippen molar-refractivity contribution in [2.45, 2.75) is 110 Å². The first-order valence-electron chi connectivity index (χ1n) is 13.2. The maximum absolute atomic E-state index is 13.5. The third-order valence-corrected chi connectivity index (χ3v) is 6.87. The highest BCUT2D eigenvalue weighted by molar-refractivity contribution is 6.02. The van der Waals surface area contributed by atoms with E-state index in [1.807, 2.05) is 44.2 Å². The number of carbonyl (C=O) groups excluding carboxylic acids is 1. The quantitative estimate of drug-likeness (QED) is 0.153. The molecular formula is C30H46N2O. The van der Waals surface area contributed by atoms with Crippen LogP contribution in [0.3, 0.4) is 0 Å². The minimum Gasteiger partial charge on any atom is -0.399 e. The van der Waals surface area contributed by atoms with Gasteiger partial charge in [0, 0.05) is 22.9 Å². The van der Waals surface area contributed by atoms with Crippen molar-refractivity contribution in [3.63, 3.8) is 0 Å². The number of ketones is 1. The van der Waals surface area contributed by atoms with Crippen molar-refractivity contribution in [3.05, 3.63) is 58.7 Å². The van der Waals surface area contributed by atoms with Crippen molar-refractivity contribution < 1.29 is 4.79 Å². The zero-order valence-corrected chi connectivity index (χ0v) is 21.3. The van der Waals surface area contributed by atoms with Crippen LogP contribution >= 0.6 is 0 Å². The van der Waals surface area contributed by atoms with Crippen LogP contribution in [0.25, 0.3) is 0 Å². The Labute approximate surface area is 202 Å². The highest BCUT2D eigenvalue weighted by Crippen LogP contribution is 2.30. The van der Waals surface area contributed by atoms with Crippen LogP contribution in [0.15, 0.2) is 36.4 Å². The molecule has 2 rings (SSSR count). The topological polar surface area (TPSA) is 69.1 Å². The van der Waals surface area contributed by atoms with Gasteiger partial charge >= 0.3 is 0 Å². The molecule has 33 heavy (non-hydrogen) atoms. The minimum atomic E-state index is -0.130. The molecule has 4 N–H and O–H groups in total. The van der Waals surface area contributed by atoms with Crippen LogP contribution in [0.4, 0.5) is 11.4 Å². The lowest BCUT2D eigenvalue weighted by atomic mass is 9.84. The summed E-state index contributed by atoms with van der Waals surface area (Å²) in [6, 6.07) is 11.6. The average Bonchev–Trinajstić information content (AvgIpc) is 2.79. The van der Waals surface area contributed by atoms with E-state index in [1.165, 1.54) is 70.6 Å². The second-order valence-corrected chi connectivity index (χ2v) is 9.78. The molecule has 2 aromatic rings. The first kappa shape index (κ1) is 27.0. The minimum absolute atomic E-state index is 0.130. The molecule has 2 aromatic carbocycles. The number of hydrogen-bond acceptors (Lipinski definition) is 3. The number of aryl methyl sites for hydroxylation is 2. The van der Waals surface area contributed by atoms with Crippen LogP contribution in [0.5, 0.6) is 0 Å². The molecule has 0 saturated carbocycles. The van der Waals surface area contributed by atoms with Gasteiger partial charge in [-0.25, -0.2) is 0 Å². The van der Waals surface area contributed by atoms with Crippen LogP contribution in [0.1, 0.15) is 123 Å². The Balaban J connectivity index is 1.85. The van der Waals surface area contributed by atoms with Gasteiger partial charge in [0.05, 0.1) is 0 Å². The molecule has 0 aliphatic rings. The average molecular weight is 451 g/mol. The predicted octanol–water partition coefficient (Wildman–Crippen LogP) is 8.53. The number of unbranched alkanes of at least 4 members (excludes halogenated alkanes) is 11. The Morgan fingerprint density at radius 1 is 0.727 bits per heavy atom. The molecule has 3 heteroatoms. The molecule has 0 spiro atoms. The van der Waals surface area contributed by atoms with Gasteiger partial charge in [0.15, 0.2) is 5.78 Å². The van der Waals surface area contributed by atoms with Crippen LogP contribution in [-0.4, -0.2) is 5.78 Å². The van der Waals surface area contributed by atoms with Gasteiger partial charge in [-0.1, -0.05) is 96.1 Å². The van der Waals surface area contributed by atoms with Crippen molar-refractivity contribution in [3.8, 4) is 0 Å². The molecule has 0 radical (unpaired) electrons. The summed E-state index contributed by atoms with van der Waals surface area (Å²) in [6.07, 6.45) is 16.7. The molecule has 1 atom stereocenters. The van der Waals surface area contributed by atoms with E-state index in [1.54, 1.807) is 0 Å².